The molecule has 1 heteroatoms. The van der Waals surface area contributed by atoms with Crippen molar-refractivity contribution >= 4 is 0 Å². The molecule has 1 spiro atoms. The van der Waals surface area contributed by atoms with Gasteiger partial charge in [-0.15, -0.1) is 0 Å². The highest BCUT2D eigenvalue weighted by Gasteiger charge is 2.41. The summed E-state index contributed by atoms with van der Waals surface area (Å²) < 4.78 is 0. The van der Waals surface area contributed by atoms with E-state index in [-0.39, 0.29) is 0 Å². The molecule has 0 aromatic rings. The molecular weight excluding hydrogens is 242 g/mol. The number of rotatable bonds is 3. The fourth-order valence-corrected chi connectivity index (χ4v) is 4.31. The van der Waals surface area contributed by atoms with Crippen LogP contribution in [0.1, 0.15) is 60.8 Å². The maximum absolute atomic E-state index is 2.65. The Morgan fingerprint density at radius 2 is 1.55 bits per heavy atom. The van der Waals surface area contributed by atoms with Crippen molar-refractivity contribution in [2.45, 2.75) is 66.8 Å². The molecule has 0 atom stereocenters. The molecule has 0 amide bonds. The lowest BCUT2D eigenvalue weighted by atomic mass is 9.62. The minimum Gasteiger partial charge on any atom is -0.301 e. The standard InChI is InChI=1S/C19H33N/c1-14(2)17-8-7-9-19(18(17)15(3)4)10-12-20(13-11-19)16(5)6/h7-8,14-16H,9-13H2,1-6H3. The second kappa shape index (κ2) is 6.05. The van der Waals surface area contributed by atoms with Gasteiger partial charge in [0, 0.05) is 6.04 Å². The van der Waals surface area contributed by atoms with Crippen LogP contribution in [0.4, 0.5) is 0 Å². The monoisotopic (exact) mass is 275 g/mol. The van der Waals surface area contributed by atoms with Crippen molar-refractivity contribution in [3.63, 3.8) is 0 Å². The van der Waals surface area contributed by atoms with Gasteiger partial charge in [0.15, 0.2) is 0 Å². The molecule has 2 aliphatic rings. The average molecular weight is 275 g/mol. The van der Waals surface area contributed by atoms with Crippen LogP contribution in [0.15, 0.2) is 23.3 Å². The molecule has 1 saturated heterocycles. The molecule has 0 saturated carbocycles. The Kier molecular flexibility index (Phi) is 4.79. The van der Waals surface area contributed by atoms with E-state index in [1.807, 2.05) is 0 Å². The number of hydrogen-bond acceptors (Lipinski definition) is 1. The van der Waals surface area contributed by atoms with E-state index in [0.29, 0.717) is 23.3 Å². The van der Waals surface area contributed by atoms with Crippen molar-refractivity contribution in [3.05, 3.63) is 23.3 Å². The van der Waals surface area contributed by atoms with Gasteiger partial charge in [0.05, 0.1) is 0 Å². The summed E-state index contributed by atoms with van der Waals surface area (Å²) in [5.74, 6) is 1.34. The molecule has 1 fully saturated rings. The molecule has 114 valence electrons. The molecular formula is C19H33N. The van der Waals surface area contributed by atoms with Crippen LogP contribution in [-0.4, -0.2) is 24.0 Å². The average Bonchev–Trinajstić information content (AvgIpc) is 2.38. The molecule has 0 N–H and O–H groups in total. The zero-order valence-electron chi connectivity index (χ0n) is 14.4. The largest absolute Gasteiger partial charge is 0.301 e. The molecule has 1 nitrogen and oxygen atoms in total. The van der Waals surface area contributed by atoms with E-state index < -0.39 is 0 Å². The Morgan fingerprint density at radius 1 is 0.950 bits per heavy atom. The lowest BCUT2D eigenvalue weighted by Crippen LogP contribution is -2.45. The molecule has 0 aromatic carbocycles. The van der Waals surface area contributed by atoms with Gasteiger partial charge in [-0.2, -0.15) is 0 Å². The van der Waals surface area contributed by atoms with Crippen LogP contribution < -0.4 is 0 Å². The summed E-state index contributed by atoms with van der Waals surface area (Å²) in [6.45, 7) is 16.7. The van der Waals surface area contributed by atoms with Crippen molar-refractivity contribution in [2.75, 3.05) is 13.1 Å². The van der Waals surface area contributed by atoms with Gasteiger partial charge in [-0.25, -0.2) is 0 Å². The van der Waals surface area contributed by atoms with Crippen LogP contribution in [0.3, 0.4) is 0 Å². The lowest BCUT2D eigenvalue weighted by molar-refractivity contribution is 0.0996. The normalized spacial score (nSPS) is 23.6. The first-order valence-electron chi connectivity index (χ1n) is 8.52. The Hall–Kier alpha value is -0.560. The van der Waals surface area contributed by atoms with Gasteiger partial charge in [-0.1, -0.05) is 45.4 Å². The highest BCUT2D eigenvalue weighted by Crippen LogP contribution is 2.50. The van der Waals surface area contributed by atoms with E-state index in [9.17, 15) is 0 Å². The third-order valence-corrected chi connectivity index (χ3v) is 5.37. The minimum absolute atomic E-state index is 0.466. The summed E-state index contributed by atoms with van der Waals surface area (Å²) in [4.78, 5) is 2.65. The summed E-state index contributed by atoms with van der Waals surface area (Å²) >= 11 is 0. The summed E-state index contributed by atoms with van der Waals surface area (Å²) in [6, 6.07) is 0.697. The fraction of sp³-hybridized carbons (Fsp3) is 0.789. The number of nitrogens with zero attached hydrogens (tertiary/aromatic N) is 1. The Bertz CT molecular complexity index is 390. The van der Waals surface area contributed by atoms with Crippen LogP contribution in [0.25, 0.3) is 0 Å². The van der Waals surface area contributed by atoms with Crippen LogP contribution >= 0.6 is 0 Å². The zero-order valence-corrected chi connectivity index (χ0v) is 14.4. The quantitative estimate of drug-likeness (QED) is 0.697. The smallest absolute Gasteiger partial charge is 0.00386 e. The van der Waals surface area contributed by atoms with E-state index in [1.54, 1.807) is 11.1 Å². The molecule has 1 heterocycles. The SMILES string of the molecule is CC(C)C1=C(C(C)C)C2(CC=C1)CCN(C(C)C)CC2. The van der Waals surface area contributed by atoms with Crippen molar-refractivity contribution < 1.29 is 0 Å². The lowest BCUT2D eigenvalue weighted by Gasteiger charge is -2.48. The summed E-state index contributed by atoms with van der Waals surface area (Å²) in [6.07, 6.45) is 8.83. The van der Waals surface area contributed by atoms with E-state index in [4.69, 9.17) is 0 Å². The minimum atomic E-state index is 0.466. The van der Waals surface area contributed by atoms with Gasteiger partial charge in [0.2, 0.25) is 0 Å². The molecule has 1 aliphatic heterocycles. The summed E-state index contributed by atoms with van der Waals surface area (Å²) in [5.41, 5.74) is 3.87. The predicted octanol–water partition coefficient (Wildman–Crippen LogP) is 5.05. The zero-order chi connectivity index (χ0) is 14.9. The molecule has 0 radical (unpaired) electrons. The third-order valence-electron chi connectivity index (χ3n) is 5.37. The second-order valence-electron chi connectivity index (χ2n) is 7.69. The van der Waals surface area contributed by atoms with Gasteiger partial charge in [0.1, 0.15) is 0 Å². The van der Waals surface area contributed by atoms with E-state index in [2.05, 4.69) is 58.6 Å². The molecule has 1 aliphatic carbocycles. The molecule has 0 aromatic heterocycles. The van der Waals surface area contributed by atoms with Crippen molar-refractivity contribution in [1.29, 1.82) is 0 Å². The Morgan fingerprint density at radius 3 is 2.00 bits per heavy atom. The van der Waals surface area contributed by atoms with Crippen molar-refractivity contribution in [1.82, 2.24) is 4.90 Å². The van der Waals surface area contributed by atoms with Crippen LogP contribution in [0, 0.1) is 17.3 Å². The highest BCUT2D eigenvalue weighted by molar-refractivity contribution is 5.38. The predicted molar refractivity (Wildman–Crippen MR) is 88.8 cm³/mol. The maximum atomic E-state index is 2.65. The summed E-state index contributed by atoms with van der Waals surface area (Å²) in [7, 11) is 0. The number of likely N-dealkylation sites (tertiary alicyclic amines) is 1. The van der Waals surface area contributed by atoms with Crippen molar-refractivity contribution in [3.8, 4) is 0 Å². The van der Waals surface area contributed by atoms with Gasteiger partial charge in [0.25, 0.3) is 0 Å². The number of allylic oxidation sites excluding steroid dienone is 4. The fourth-order valence-electron chi connectivity index (χ4n) is 4.31. The molecule has 0 bridgehead atoms. The molecule has 0 unspecified atom stereocenters. The first-order chi connectivity index (χ1) is 9.37. The first-order valence-corrected chi connectivity index (χ1v) is 8.52. The maximum Gasteiger partial charge on any atom is 0.00386 e. The van der Waals surface area contributed by atoms with Gasteiger partial charge in [-0.05, 0) is 69.0 Å². The number of piperidine rings is 1. The Balaban J connectivity index is 2.30. The van der Waals surface area contributed by atoms with E-state index >= 15 is 0 Å². The highest BCUT2D eigenvalue weighted by atomic mass is 15.2. The van der Waals surface area contributed by atoms with Crippen molar-refractivity contribution in [2.24, 2.45) is 17.3 Å². The molecule has 20 heavy (non-hydrogen) atoms. The second-order valence-corrected chi connectivity index (χ2v) is 7.69. The van der Waals surface area contributed by atoms with Crippen LogP contribution in [-0.2, 0) is 0 Å². The summed E-state index contributed by atoms with van der Waals surface area (Å²) in [5, 5.41) is 0. The molecule has 2 rings (SSSR count). The topological polar surface area (TPSA) is 3.24 Å². The van der Waals surface area contributed by atoms with Gasteiger partial charge in [-0.3, -0.25) is 0 Å². The van der Waals surface area contributed by atoms with Gasteiger partial charge < -0.3 is 4.90 Å². The van der Waals surface area contributed by atoms with E-state index in [1.165, 1.54) is 32.4 Å². The third kappa shape index (κ3) is 2.88. The van der Waals surface area contributed by atoms with Gasteiger partial charge >= 0.3 is 0 Å². The van der Waals surface area contributed by atoms with Crippen LogP contribution in [0.5, 0.6) is 0 Å². The Labute approximate surface area is 126 Å². The van der Waals surface area contributed by atoms with Crippen LogP contribution in [0.2, 0.25) is 0 Å². The number of hydrogen-bond donors (Lipinski definition) is 0. The van der Waals surface area contributed by atoms with E-state index in [0.717, 1.165) is 0 Å². The first kappa shape index (κ1) is 15.8.